The van der Waals surface area contributed by atoms with Crippen LogP contribution in [-0.2, 0) is 65.4 Å². The van der Waals surface area contributed by atoms with Crippen LogP contribution in [0.1, 0.15) is 441 Å². The maximum atomic E-state index is 13.1. The Morgan fingerprint density at radius 2 is 0.404 bits per heavy atom. The second-order valence-electron chi connectivity index (χ2n) is 32.5. The van der Waals surface area contributed by atoms with E-state index in [0.717, 1.165) is 114 Å². The van der Waals surface area contributed by atoms with Crippen molar-refractivity contribution in [1.29, 1.82) is 0 Å². The van der Waals surface area contributed by atoms with Gasteiger partial charge >= 0.3 is 39.5 Å². The Hall–Kier alpha value is -1.94. The van der Waals surface area contributed by atoms with Gasteiger partial charge in [-0.15, -0.1) is 0 Å². The van der Waals surface area contributed by atoms with E-state index in [0.29, 0.717) is 25.7 Å². The van der Waals surface area contributed by atoms with Crippen molar-refractivity contribution < 1.29 is 80.2 Å². The highest BCUT2D eigenvalue weighted by atomic mass is 31.2. The lowest BCUT2D eigenvalue weighted by atomic mass is 10.0. The molecule has 0 aromatic carbocycles. The molecule has 2 unspecified atom stereocenters. The number of aliphatic hydroxyl groups excluding tert-OH is 1. The van der Waals surface area contributed by atoms with Gasteiger partial charge in [0.25, 0.3) is 0 Å². The summed E-state index contributed by atoms with van der Waals surface area (Å²) in [6, 6.07) is 0. The summed E-state index contributed by atoms with van der Waals surface area (Å²) in [6.07, 6.45) is 62.5. The summed E-state index contributed by atoms with van der Waals surface area (Å²) in [5, 5.41) is 10.7. The summed E-state index contributed by atoms with van der Waals surface area (Å²) in [5.74, 6) is 1.01. The molecule has 0 aromatic rings. The second-order valence-corrected chi connectivity index (χ2v) is 35.4. The molecule has 104 heavy (non-hydrogen) atoms. The van der Waals surface area contributed by atoms with E-state index >= 15 is 0 Å². The molecule has 0 aromatic heterocycles. The third-order valence-electron chi connectivity index (χ3n) is 19.8. The third-order valence-corrected chi connectivity index (χ3v) is 21.7. The topological polar surface area (TPSA) is 237 Å². The predicted octanol–water partition coefficient (Wildman–Crippen LogP) is 25.6. The fourth-order valence-corrected chi connectivity index (χ4v) is 14.7. The van der Waals surface area contributed by atoms with Gasteiger partial charge < -0.3 is 33.8 Å². The number of rotatable bonds is 82. The molecule has 0 saturated carbocycles. The highest BCUT2D eigenvalue weighted by Gasteiger charge is 2.30. The first-order valence-corrected chi connectivity index (χ1v) is 46.7. The number of ether oxygens (including phenoxy) is 4. The van der Waals surface area contributed by atoms with Crippen LogP contribution in [0.3, 0.4) is 0 Å². The van der Waals surface area contributed by atoms with Crippen LogP contribution in [0.2, 0.25) is 0 Å². The van der Waals surface area contributed by atoms with Gasteiger partial charge in [-0.1, -0.05) is 389 Å². The molecule has 618 valence electrons. The first-order chi connectivity index (χ1) is 50.1. The van der Waals surface area contributed by atoms with Gasteiger partial charge in [-0.2, -0.15) is 0 Å². The van der Waals surface area contributed by atoms with E-state index in [-0.39, 0.29) is 25.7 Å². The third kappa shape index (κ3) is 78.2. The van der Waals surface area contributed by atoms with Crippen LogP contribution in [0.15, 0.2) is 0 Å². The Labute approximate surface area is 638 Å². The molecule has 0 heterocycles. The van der Waals surface area contributed by atoms with E-state index in [4.69, 9.17) is 37.0 Å². The number of unbranched alkanes of at least 4 members (excludes halogenated alkanes) is 48. The average Bonchev–Trinajstić information content (AvgIpc) is 0.904. The van der Waals surface area contributed by atoms with Gasteiger partial charge in [0.05, 0.1) is 26.4 Å². The Bertz CT molecular complexity index is 2020. The molecule has 0 aliphatic rings. The van der Waals surface area contributed by atoms with E-state index < -0.39 is 97.5 Å². The molecule has 0 bridgehead atoms. The Morgan fingerprint density at radius 1 is 0.240 bits per heavy atom. The lowest BCUT2D eigenvalue weighted by molar-refractivity contribution is -0.161. The zero-order valence-electron chi connectivity index (χ0n) is 68.7. The highest BCUT2D eigenvalue weighted by Crippen LogP contribution is 2.45. The van der Waals surface area contributed by atoms with Crippen LogP contribution in [-0.4, -0.2) is 96.7 Å². The fourth-order valence-electron chi connectivity index (χ4n) is 13.1. The number of phosphoric acid groups is 2. The van der Waals surface area contributed by atoms with Crippen molar-refractivity contribution in [1.82, 2.24) is 0 Å². The van der Waals surface area contributed by atoms with E-state index in [9.17, 15) is 43.2 Å². The molecular formula is C85H166O17P2. The van der Waals surface area contributed by atoms with Gasteiger partial charge in [0.15, 0.2) is 12.2 Å². The normalized spacial score (nSPS) is 14.0. The molecule has 0 saturated heterocycles. The van der Waals surface area contributed by atoms with Crippen molar-refractivity contribution in [2.45, 2.75) is 459 Å². The van der Waals surface area contributed by atoms with Crippen molar-refractivity contribution in [2.75, 3.05) is 39.6 Å². The lowest BCUT2D eigenvalue weighted by Gasteiger charge is -2.21. The predicted molar refractivity (Wildman–Crippen MR) is 428 cm³/mol. The Balaban J connectivity index is 5.24. The zero-order valence-corrected chi connectivity index (χ0v) is 70.5. The molecule has 5 atom stereocenters. The molecule has 0 aliphatic heterocycles. The van der Waals surface area contributed by atoms with Gasteiger partial charge in [-0.05, 0) is 49.4 Å². The number of hydrogen-bond acceptors (Lipinski definition) is 15. The zero-order chi connectivity index (χ0) is 76.7. The molecule has 0 rings (SSSR count). The van der Waals surface area contributed by atoms with Gasteiger partial charge in [0, 0.05) is 25.7 Å². The first-order valence-electron chi connectivity index (χ1n) is 43.7. The smallest absolute Gasteiger partial charge is 0.462 e. The highest BCUT2D eigenvalue weighted by molar-refractivity contribution is 7.47. The van der Waals surface area contributed by atoms with Gasteiger partial charge in [0.2, 0.25) is 0 Å². The van der Waals surface area contributed by atoms with Gasteiger partial charge in [-0.25, -0.2) is 9.13 Å². The minimum Gasteiger partial charge on any atom is -0.462 e. The van der Waals surface area contributed by atoms with Crippen LogP contribution in [0.25, 0.3) is 0 Å². The van der Waals surface area contributed by atoms with Crippen LogP contribution in [0.5, 0.6) is 0 Å². The summed E-state index contributed by atoms with van der Waals surface area (Å²) in [4.78, 5) is 73.2. The van der Waals surface area contributed by atoms with Crippen LogP contribution >= 0.6 is 15.6 Å². The average molecular weight is 1520 g/mol. The summed E-state index contributed by atoms with van der Waals surface area (Å²) < 4.78 is 68.9. The monoisotopic (exact) mass is 1520 g/mol. The SMILES string of the molecule is CC(C)CCCCCCCCCCCCCCCCCCCCC(=O)O[C@H](COC(=O)CCCCCCCCCCCCCCCCC(C)C)COP(=O)(O)OC[C@@H](O)COP(=O)(O)OC[C@@H](COC(=O)CCCCCCCCCCC(C)C)OC(=O)CCCCCCCCCCCCCCC(C)C. The standard InChI is InChI=1S/C85H166O17P2/c1-75(2)61-53-45-37-29-23-17-13-11-9-10-12-14-20-27-33-43-51-59-67-84(89)101-80(71-95-82(87)65-57-49-41-32-26-19-16-15-18-24-30-38-46-54-62-76(3)4)73-99-103(91,92)97-69-79(86)70-98-104(93,94)100-74-81(72-96-83(88)66-58-50-42-36-35-40-48-56-64-78(7)8)102-85(90)68-60-52-44-34-28-22-21-25-31-39-47-55-63-77(5)6/h75-81,86H,9-74H2,1-8H3,(H,91,92)(H,93,94)/t79-,80-,81-/m1/s1. The number of hydrogen-bond donors (Lipinski definition) is 3. The molecule has 0 amide bonds. The molecule has 0 aliphatic carbocycles. The maximum absolute atomic E-state index is 13.1. The number of carbonyl (C=O) groups is 4. The lowest BCUT2D eigenvalue weighted by Crippen LogP contribution is -2.30. The molecule has 0 spiro atoms. The maximum Gasteiger partial charge on any atom is 0.472 e. The van der Waals surface area contributed by atoms with E-state index in [1.54, 1.807) is 0 Å². The molecule has 0 radical (unpaired) electrons. The largest absolute Gasteiger partial charge is 0.472 e. The summed E-state index contributed by atoms with van der Waals surface area (Å²) in [7, 11) is -9.93. The number of aliphatic hydroxyl groups is 1. The molecule has 0 fully saturated rings. The number of carbonyl (C=O) groups excluding carboxylic acids is 4. The summed E-state index contributed by atoms with van der Waals surface area (Å²) in [6.45, 7) is 14.3. The number of phosphoric ester groups is 2. The van der Waals surface area contributed by atoms with Crippen LogP contribution in [0.4, 0.5) is 0 Å². The van der Waals surface area contributed by atoms with Crippen LogP contribution in [0, 0.1) is 23.7 Å². The van der Waals surface area contributed by atoms with Crippen LogP contribution < -0.4 is 0 Å². The molecule has 19 heteroatoms. The summed E-state index contributed by atoms with van der Waals surface area (Å²) in [5.41, 5.74) is 0. The molecular weight excluding hydrogens is 1350 g/mol. The summed E-state index contributed by atoms with van der Waals surface area (Å²) >= 11 is 0. The van der Waals surface area contributed by atoms with Crippen molar-refractivity contribution in [2.24, 2.45) is 23.7 Å². The Kier molecular flexibility index (Phi) is 72.5. The minimum atomic E-state index is -4.97. The first kappa shape index (κ1) is 102. The molecule has 17 nitrogen and oxygen atoms in total. The van der Waals surface area contributed by atoms with Gasteiger partial charge in [-0.3, -0.25) is 37.3 Å². The van der Waals surface area contributed by atoms with Crippen molar-refractivity contribution in [3.05, 3.63) is 0 Å². The Morgan fingerprint density at radius 3 is 0.596 bits per heavy atom. The quantitative estimate of drug-likeness (QED) is 0.0222. The van der Waals surface area contributed by atoms with Crippen molar-refractivity contribution in [3.63, 3.8) is 0 Å². The van der Waals surface area contributed by atoms with E-state index in [1.807, 2.05) is 0 Å². The molecule has 3 N–H and O–H groups in total. The number of esters is 4. The van der Waals surface area contributed by atoms with Gasteiger partial charge in [0.1, 0.15) is 19.3 Å². The van der Waals surface area contributed by atoms with E-state index in [2.05, 4.69) is 55.4 Å². The minimum absolute atomic E-state index is 0.106. The fraction of sp³-hybridized carbons (Fsp3) is 0.953. The van der Waals surface area contributed by atoms with Crippen molar-refractivity contribution >= 4 is 39.5 Å². The van der Waals surface area contributed by atoms with Crippen molar-refractivity contribution in [3.8, 4) is 0 Å². The second kappa shape index (κ2) is 73.8. The van der Waals surface area contributed by atoms with E-state index in [1.165, 1.54) is 244 Å².